The van der Waals surface area contributed by atoms with Gasteiger partial charge in [0.1, 0.15) is 134 Å². The van der Waals surface area contributed by atoms with Gasteiger partial charge in [-0.15, -0.1) is 0 Å². The number of aliphatic carboxylic acids is 2. The minimum Gasteiger partial charge on any atom is -0.477 e. The van der Waals surface area contributed by atoms with Crippen LogP contribution in [0.1, 0.15) is 33.6 Å². The Morgan fingerprint density at radius 3 is 1.34 bits per heavy atom. The summed E-state index contributed by atoms with van der Waals surface area (Å²) in [6.07, 6.45) is -61.3. The first kappa shape index (κ1) is 73.2. The third-order valence-electron chi connectivity index (χ3n) is 15.6. The van der Waals surface area contributed by atoms with Crippen LogP contribution in [0.15, 0.2) is 0 Å². The first-order valence-corrected chi connectivity index (χ1v) is 27.4. The molecule has 32 atom stereocenters. The van der Waals surface area contributed by atoms with E-state index >= 15 is 0 Å². The summed E-state index contributed by atoms with van der Waals surface area (Å²) in [5, 5.41) is 235. The number of carbonyl (C=O) groups excluding carboxylic acids is 3. The topological polar surface area (TPSA) is 648 Å². The van der Waals surface area contributed by atoms with Crippen LogP contribution in [0, 0.1) is 0 Å². The van der Waals surface area contributed by atoms with Crippen molar-refractivity contribution in [3.63, 3.8) is 0 Å². The molecule has 24 N–H and O–H groups in total. The van der Waals surface area contributed by atoms with Crippen LogP contribution in [-0.4, -0.2) is 372 Å². The van der Waals surface area contributed by atoms with Gasteiger partial charge in [0.05, 0.1) is 63.9 Å². The van der Waals surface area contributed by atoms with Gasteiger partial charge in [-0.25, -0.2) is 9.59 Å². The van der Waals surface area contributed by atoms with Gasteiger partial charge in [0.15, 0.2) is 25.2 Å². The molecular weight excluding hydrogens is 1210 g/mol. The molecular formula is C48H79N3O37. The van der Waals surface area contributed by atoms with Crippen molar-refractivity contribution < 1.29 is 183 Å². The Balaban J connectivity index is 1.31. The molecule has 6 heterocycles. The first-order chi connectivity index (χ1) is 41.3. The van der Waals surface area contributed by atoms with E-state index in [2.05, 4.69) is 16.0 Å². The van der Waals surface area contributed by atoms with Gasteiger partial charge in [-0.3, -0.25) is 14.4 Å². The quantitative estimate of drug-likeness (QED) is 0.0404. The Kier molecular flexibility index (Phi) is 25.6. The Morgan fingerprint density at radius 2 is 0.875 bits per heavy atom. The Hall–Kier alpha value is -3.85. The zero-order valence-corrected chi connectivity index (χ0v) is 46.9. The highest BCUT2D eigenvalue weighted by atomic mass is 16.8. The standard InChI is InChI=1S/C48H79N3O37/c1-12(58)49-23-15(61)4-47(45(74)75,86-37(23)26(64)17(63)6-52)85-21(10-56)30(68)38-24(50-13(2)59)16(62)5-48(87-38,46(76)77)88-40-29(67)20(9-55)81-44(34(40)72)83-36-25(51-14(3)60)42(79-18(7-53)27(36)65)84-39-28(66)19(8-54)80-43(33(39)71)82-35-22(11-57)78-41(73)32(70)31(35)69/h15-44,52-57,61-73H,4-11H2,1-3H3,(H,49,58)(H,50,59)(H,51,60)(H,74,75)(H,76,77)/t15-,16-,17+,18+,19+,20+,21+,22+,23+,24+,25+,26+,27+,28-,29-,30+,31+,32+,33-,34+,35+,36+,37+,38+,39-,40-,41+,42-,43-,44-,47+,48-/m0/s1. The fraction of sp³-hybridized carbons (Fsp3) is 0.896. The molecule has 6 aliphatic heterocycles. The van der Waals surface area contributed by atoms with Crippen molar-refractivity contribution in [2.45, 2.75) is 229 Å². The summed E-state index contributed by atoms with van der Waals surface area (Å²) in [4.78, 5) is 64.2. The number of carboxylic acids is 2. The van der Waals surface area contributed by atoms with E-state index in [4.69, 9.17) is 52.1 Å². The van der Waals surface area contributed by atoms with E-state index in [0.29, 0.717) is 0 Å². The summed E-state index contributed by atoms with van der Waals surface area (Å²) >= 11 is 0. The molecule has 6 saturated heterocycles. The lowest BCUT2D eigenvalue weighted by Gasteiger charge is -2.52. The van der Waals surface area contributed by atoms with Gasteiger partial charge >= 0.3 is 11.9 Å². The molecule has 0 radical (unpaired) electrons. The number of aliphatic hydroxyl groups is 19. The molecule has 0 saturated carbocycles. The van der Waals surface area contributed by atoms with Gasteiger partial charge in [-0.1, -0.05) is 0 Å². The molecule has 0 aromatic carbocycles. The highest BCUT2D eigenvalue weighted by molar-refractivity contribution is 5.77. The molecule has 0 aliphatic carbocycles. The highest BCUT2D eigenvalue weighted by Gasteiger charge is 2.63. The second-order valence-electron chi connectivity index (χ2n) is 21.8. The lowest BCUT2D eigenvalue weighted by Crippen LogP contribution is -2.72. The second-order valence-corrected chi connectivity index (χ2v) is 21.8. The van der Waals surface area contributed by atoms with Gasteiger partial charge in [-0.2, -0.15) is 0 Å². The largest absolute Gasteiger partial charge is 0.477 e. The average Bonchev–Trinajstić information content (AvgIpc) is 2.30. The summed E-state index contributed by atoms with van der Waals surface area (Å²) < 4.78 is 62.4. The first-order valence-electron chi connectivity index (χ1n) is 27.4. The van der Waals surface area contributed by atoms with Crippen LogP contribution in [0.25, 0.3) is 0 Å². The van der Waals surface area contributed by atoms with E-state index in [1.54, 1.807) is 0 Å². The monoisotopic (exact) mass is 1290 g/mol. The number of ether oxygens (including phenoxy) is 11. The van der Waals surface area contributed by atoms with Crippen LogP contribution in [0.5, 0.6) is 0 Å². The average molecular weight is 1290 g/mol. The zero-order chi connectivity index (χ0) is 65.8. The van der Waals surface area contributed by atoms with Crippen molar-refractivity contribution in [3.05, 3.63) is 0 Å². The molecule has 40 nitrogen and oxygen atoms in total. The highest BCUT2D eigenvalue weighted by Crippen LogP contribution is 2.41. The fourth-order valence-corrected chi connectivity index (χ4v) is 11.1. The van der Waals surface area contributed by atoms with Crippen molar-refractivity contribution in [1.29, 1.82) is 0 Å². The maximum Gasteiger partial charge on any atom is 0.364 e. The van der Waals surface area contributed by atoms with Crippen molar-refractivity contribution in [2.24, 2.45) is 0 Å². The number of carboxylic acid groups (broad SMARTS) is 2. The van der Waals surface area contributed by atoms with Crippen LogP contribution in [0.2, 0.25) is 0 Å². The summed E-state index contributed by atoms with van der Waals surface area (Å²) in [6, 6.07) is -5.71. The number of rotatable bonds is 25. The van der Waals surface area contributed by atoms with Gasteiger partial charge in [0.25, 0.3) is 11.6 Å². The Labute approximate surface area is 496 Å². The minimum atomic E-state index is -3.50. The van der Waals surface area contributed by atoms with Crippen LogP contribution in [0.3, 0.4) is 0 Å². The molecule has 0 bridgehead atoms. The van der Waals surface area contributed by atoms with E-state index in [0.717, 1.165) is 20.8 Å². The SMILES string of the molecule is CC(=O)N[C@H]1[C@H](O[C@@H]2[C@H](O)[C@H](O[C@H]3[C@H](O)[C@@H](O)[C@H](O)O[C@@H]3CO)O[C@H](CO)[C@@H]2O)O[C@H](CO)[C@@H](O)[C@@H]1O[C@@H]1O[C@H](CO)[C@H](O)[C@H](O[C@]2(C(=O)O)C[C@H](O)[C@@H](NC(C)=O)[C@H]([C@H](O)[C@@H](CO)O[C@]3(C(=O)O)C[C@H](O)[C@@H](NC(C)=O)[C@H]([C@H](O)[C@H](O)CO)O3)O2)[C@H]1O. The van der Waals surface area contributed by atoms with Crippen molar-refractivity contribution in [1.82, 2.24) is 16.0 Å². The molecule has 40 heteroatoms. The lowest BCUT2D eigenvalue weighted by atomic mass is 9.87. The minimum absolute atomic E-state index is 0.874. The number of carbonyl (C=O) groups is 5. The Morgan fingerprint density at radius 1 is 0.466 bits per heavy atom. The van der Waals surface area contributed by atoms with Crippen molar-refractivity contribution >= 4 is 29.7 Å². The van der Waals surface area contributed by atoms with E-state index in [9.17, 15) is 131 Å². The third-order valence-corrected chi connectivity index (χ3v) is 15.6. The molecule has 0 spiro atoms. The molecule has 3 amide bonds. The molecule has 6 rings (SSSR count). The summed E-state index contributed by atoms with van der Waals surface area (Å²) in [6.45, 7) is -4.40. The Bertz CT molecular complexity index is 2320. The number of hydrogen-bond acceptors (Lipinski definition) is 35. The van der Waals surface area contributed by atoms with Crippen LogP contribution in [0.4, 0.5) is 0 Å². The molecule has 0 aromatic heterocycles. The van der Waals surface area contributed by atoms with Gasteiger partial charge in [0, 0.05) is 33.6 Å². The lowest BCUT2D eigenvalue weighted by molar-refractivity contribution is -0.390. The van der Waals surface area contributed by atoms with Crippen molar-refractivity contribution in [2.75, 3.05) is 39.6 Å². The molecule has 0 unspecified atom stereocenters. The van der Waals surface area contributed by atoms with Gasteiger partial charge < -0.3 is 175 Å². The molecule has 0 aromatic rings. The predicted octanol–water partition coefficient (Wildman–Crippen LogP) is -15.3. The van der Waals surface area contributed by atoms with Crippen LogP contribution in [-0.2, 0) is 76.1 Å². The van der Waals surface area contributed by atoms with Crippen LogP contribution < -0.4 is 16.0 Å². The van der Waals surface area contributed by atoms with E-state index in [-0.39, 0.29) is 0 Å². The summed E-state index contributed by atoms with van der Waals surface area (Å²) in [7, 11) is 0. The smallest absolute Gasteiger partial charge is 0.364 e. The maximum absolute atomic E-state index is 13.6. The number of nitrogens with one attached hydrogen (secondary N) is 3. The fourth-order valence-electron chi connectivity index (χ4n) is 11.1. The van der Waals surface area contributed by atoms with E-state index in [1.807, 2.05) is 0 Å². The second kappa shape index (κ2) is 30.7. The van der Waals surface area contributed by atoms with Crippen molar-refractivity contribution in [3.8, 4) is 0 Å². The van der Waals surface area contributed by atoms with Gasteiger partial charge in [-0.05, 0) is 0 Å². The zero-order valence-electron chi connectivity index (χ0n) is 46.9. The van der Waals surface area contributed by atoms with Crippen LogP contribution >= 0.6 is 0 Å². The number of aliphatic hydroxyl groups excluding tert-OH is 19. The molecule has 6 fully saturated rings. The van der Waals surface area contributed by atoms with Gasteiger partial charge in [0.2, 0.25) is 17.7 Å². The van der Waals surface area contributed by atoms with E-state index in [1.165, 1.54) is 0 Å². The summed E-state index contributed by atoms with van der Waals surface area (Å²) in [5.41, 5.74) is 0. The molecule has 88 heavy (non-hydrogen) atoms. The number of amides is 3. The number of hydrogen-bond donors (Lipinski definition) is 24. The van der Waals surface area contributed by atoms with E-state index < -0.39 is 277 Å². The third kappa shape index (κ3) is 15.6. The molecule has 6 aliphatic rings. The molecule has 508 valence electrons. The maximum atomic E-state index is 13.6. The summed E-state index contributed by atoms with van der Waals surface area (Å²) in [5.74, 6) is -14.1. The predicted molar refractivity (Wildman–Crippen MR) is 268 cm³/mol. The normalized spacial score (nSPS) is 44.6.